The van der Waals surface area contributed by atoms with E-state index in [9.17, 15) is 33.2 Å². The molecule has 1 amide bonds. The number of nitrogens with one attached hydrogen (secondary N) is 2. The zero-order valence-electron chi connectivity index (χ0n) is 17.8. The molecule has 32 heavy (non-hydrogen) atoms. The Kier molecular flexibility index (Phi) is 9.20. The summed E-state index contributed by atoms with van der Waals surface area (Å²) >= 11 is 0. The minimum Gasteiger partial charge on any atom is -0.469 e. The van der Waals surface area contributed by atoms with Crippen molar-refractivity contribution >= 4 is 19.9 Å². The van der Waals surface area contributed by atoms with E-state index in [0.29, 0.717) is 6.20 Å². The molecule has 0 spiro atoms. The second kappa shape index (κ2) is 11.4. The molecule has 2 heterocycles. The predicted octanol–water partition coefficient (Wildman–Crippen LogP) is 0.135. The second-order valence-electron chi connectivity index (χ2n) is 7.49. The van der Waals surface area contributed by atoms with Gasteiger partial charge in [0, 0.05) is 18.8 Å². The van der Waals surface area contributed by atoms with E-state index >= 15 is 0 Å². The van der Waals surface area contributed by atoms with E-state index in [-0.39, 0.29) is 31.8 Å². The Morgan fingerprint density at radius 2 is 2.09 bits per heavy atom. The summed E-state index contributed by atoms with van der Waals surface area (Å²) in [5.74, 6) is -3.37. The molecule has 1 saturated heterocycles. The number of hydrogen-bond acceptors (Lipinski definition) is 9. The van der Waals surface area contributed by atoms with Crippen LogP contribution in [0, 0.1) is 11.7 Å². The van der Waals surface area contributed by atoms with Crippen molar-refractivity contribution in [2.75, 3.05) is 13.7 Å². The van der Waals surface area contributed by atoms with Crippen molar-refractivity contribution < 1.29 is 37.6 Å². The molecule has 2 rings (SSSR count). The topological polar surface area (TPSA) is 166 Å². The molecule has 3 unspecified atom stereocenters. The van der Waals surface area contributed by atoms with Crippen molar-refractivity contribution in [2.45, 2.75) is 57.3 Å². The highest BCUT2D eigenvalue weighted by Gasteiger charge is 2.41. The van der Waals surface area contributed by atoms with Gasteiger partial charge in [-0.25, -0.2) is 4.79 Å². The number of rotatable bonds is 10. The smallest absolute Gasteiger partial charge is 0.469 e. The average molecular weight is 478 g/mol. The highest BCUT2D eigenvalue weighted by molar-refractivity contribution is 7.40. The molecule has 1 aromatic heterocycles. The number of H-pyrrole nitrogens is 1. The highest BCUT2D eigenvalue weighted by Crippen LogP contribution is 2.35. The first-order valence-electron chi connectivity index (χ1n) is 9.83. The lowest BCUT2D eigenvalue weighted by atomic mass is 10.2. The molecule has 0 bridgehead atoms. The number of amides is 1. The van der Waals surface area contributed by atoms with Gasteiger partial charge in [-0.1, -0.05) is 13.8 Å². The molecular weight excluding hydrogens is 452 g/mol. The van der Waals surface area contributed by atoms with Gasteiger partial charge in [-0.2, -0.15) is 4.39 Å². The van der Waals surface area contributed by atoms with Crippen LogP contribution in [0.25, 0.3) is 0 Å². The third-order valence-electron chi connectivity index (χ3n) is 4.76. The molecular formula is C18H26FN3O9P+. The van der Waals surface area contributed by atoms with E-state index in [1.54, 1.807) is 18.8 Å². The minimum atomic E-state index is -2.43. The second-order valence-corrected chi connectivity index (χ2v) is 8.87. The van der Waals surface area contributed by atoms with Crippen LogP contribution in [-0.2, 0) is 28.2 Å². The Balaban J connectivity index is 1.95. The maximum absolute atomic E-state index is 13.5. The number of aliphatic hydroxyl groups excluding tert-OH is 1. The standard InChI is InChI=1S/C18H25FN3O9P/c1-9(2)17(20-13(24)4-5-15(25)29-3)32(28)30-8-12-11(23)6-14(31-12)22-7-10(19)16(26)21-18(22)27/h7,9,11-12,14,17,23H,4-6,8H2,1-3H3,(H-,20,21,24,26,27)/p+1/t11?,12-,14-,17?/m0/s1. The van der Waals surface area contributed by atoms with Crippen LogP contribution in [-0.4, -0.2) is 58.2 Å². The van der Waals surface area contributed by atoms with Crippen LogP contribution >= 0.6 is 8.03 Å². The molecule has 178 valence electrons. The van der Waals surface area contributed by atoms with Crippen molar-refractivity contribution in [1.82, 2.24) is 14.9 Å². The summed E-state index contributed by atoms with van der Waals surface area (Å²) in [5.41, 5.74) is -2.08. The van der Waals surface area contributed by atoms with Crippen molar-refractivity contribution in [3.05, 3.63) is 32.9 Å². The molecule has 0 aliphatic carbocycles. The molecule has 1 aliphatic heterocycles. The lowest BCUT2D eigenvalue weighted by Gasteiger charge is -2.15. The number of esters is 1. The zero-order valence-corrected chi connectivity index (χ0v) is 18.7. The van der Waals surface area contributed by atoms with Gasteiger partial charge in [-0.3, -0.25) is 23.9 Å². The van der Waals surface area contributed by atoms with Gasteiger partial charge in [-0.05, 0) is 4.57 Å². The monoisotopic (exact) mass is 478 g/mol. The fourth-order valence-electron chi connectivity index (χ4n) is 2.96. The van der Waals surface area contributed by atoms with Gasteiger partial charge in [0.25, 0.3) is 11.3 Å². The summed E-state index contributed by atoms with van der Waals surface area (Å²) in [6.45, 7) is 3.11. The number of carbonyl (C=O) groups excluding carboxylic acids is 2. The van der Waals surface area contributed by atoms with E-state index in [1.807, 2.05) is 0 Å². The number of aromatic nitrogens is 2. The molecule has 1 aliphatic rings. The van der Waals surface area contributed by atoms with Crippen molar-refractivity contribution in [3.63, 3.8) is 0 Å². The summed E-state index contributed by atoms with van der Waals surface area (Å²) in [6, 6.07) is 0. The van der Waals surface area contributed by atoms with Crippen LogP contribution in [0.5, 0.6) is 0 Å². The van der Waals surface area contributed by atoms with Crippen molar-refractivity contribution in [2.24, 2.45) is 5.92 Å². The van der Waals surface area contributed by atoms with E-state index in [2.05, 4.69) is 10.1 Å². The average Bonchev–Trinajstić information content (AvgIpc) is 3.10. The highest BCUT2D eigenvalue weighted by atomic mass is 31.1. The van der Waals surface area contributed by atoms with Crippen LogP contribution < -0.4 is 16.6 Å². The Labute approximate surface area is 182 Å². The largest absolute Gasteiger partial charge is 0.533 e. The fraction of sp³-hybridized carbons (Fsp3) is 0.667. The maximum Gasteiger partial charge on any atom is 0.533 e. The summed E-state index contributed by atoms with van der Waals surface area (Å²) in [7, 11) is -1.23. The van der Waals surface area contributed by atoms with Crippen LogP contribution in [0.1, 0.15) is 39.3 Å². The van der Waals surface area contributed by atoms with Gasteiger partial charge in [0.2, 0.25) is 11.7 Å². The molecule has 0 aromatic carbocycles. The first kappa shape index (κ1) is 25.8. The summed E-state index contributed by atoms with van der Waals surface area (Å²) in [6.07, 6.45) is -2.83. The zero-order chi connectivity index (χ0) is 24.0. The normalized spacial score (nSPS) is 21.9. The fourth-order valence-corrected chi connectivity index (χ4v) is 4.15. The molecule has 0 saturated carbocycles. The lowest BCUT2D eigenvalue weighted by molar-refractivity contribution is -0.142. The first-order chi connectivity index (χ1) is 15.0. The first-order valence-corrected chi connectivity index (χ1v) is 11.1. The number of hydrogen-bond donors (Lipinski definition) is 3. The minimum absolute atomic E-state index is 0.0892. The van der Waals surface area contributed by atoms with Gasteiger partial charge in [0.05, 0.1) is 25.8 Å². The van der Waals surface area contributed by atoms with Gasteiger partial charge >= 0.3 is 19.7 Å². The maximum atomic E-state index is 13.5. The van der Waals surface area contributed by atoms with Crippen LogP contribution in [0.15, 0.2) is 15.8 Å². The SMILES string of the molecule is COC(=O)CCC(=O)NC(C(C)C)[P+](=O)OC[C@@H]1O[C@H](n2cc(F)c(=O)[nH]c2=O)CC1O. The van der Waals surface area contributed by atoms with E-state index in [0.717, 1.165) is 4.57 Å². The Morgan fingerprint density at radius 1 is 1.41 bits per heavy atom. The molecule has 3 N–H and O–H groups in total. The molecule has 5 atom stereocenters. The van der Waals surface area contributed by atoms with Crippen molar-refractivity contribution in [1.29, 1.82) is 0 Å². The van der Waals surface area contributed by atoms with Gasteiger partial charge in [0.1, 0.15) is 18.9 Å². The Hall–Kier alpha value is -2.47. The van der Waals surface area contributed by atoms with E-state index in [1.165, 1.54) is 7.11 Å². The van der Waals surface area contributed by atoms with Gasteiger partial charge in [-0.15, -0.1) is 4.52 Å². The van der Waals surface area contributed by atoms with E-state index in [4.69, 9.17) is 9.26 Å². The lowest BCUT2D eigenvalue weighted by Crippen LogP contribution is -2.37. The third-order valence-corrected chi connectivity index (χ3v) is 6.34. The molecule has 12 nitrogen and oxygen atoms in total. The number of carbonyl (C=O) groups is 2. The van der Waals surface area contributed by atoms with E-state index < -0.39 is 61.2 Å². The number of aliphatic hydroxyl groups is 1. The summed E-state index contributed by atoms with van der Waals surface area (Å²) < 4.78 is 42.2. The Morgan fingerprint density at radius 3 is 2.72 bits per heavy atom. The predicted molar refractivity (Wildman–Crippen MR) is 107 cm³/mol. The summed E-state index contributed by atoms with van der Waals surface area (Å²) in [4.78, 5) is 48.0. The van der Waals surface area contributed by atoms with Crippen LogP contribution in [0.3, 0.4) is 0 Å². The number of methoxy groups -OCH3 is 1. The molecule has 14 heteroatoms. The van der Waals surface area contributed by atoms with Crippen LogP contribution in [0.2, 0.25) is 0 Å². The number of aromatic amines is 1. The third kappa shape index (κ3) is 6.76. The van der Waals surface area contributed by atoms with Crippen LogP contribution in [0.4, 0.5) is 4.39 Å². The molecule has 1 fully saturated rings. The van der Waals surface area contributed by atoms with Gasteiger partial charge in [0.15, 0.2) is 0 Å². The van der Waals surface area contributed by atoms with Crippen molar-refractivity contribution in [3.8, 4) is 0 Å². The summed E-state index contributed by atoms with van der Waals surface area (Å²) in [5, 5.41) is 12.7. The molecule has 1 aromatic rings. The number of nitrogens with zero attached hydrogens (tertiary/aromatic N) is 1. The van der Waals surface area contributed by atoms with Gasteiger partial charge < -0.3 is 19.9 Å². The number of halogens is 1. The quantitative estimate of drug-likeness (QED) is 0.313. The molecule has 0 radical (unpaired) electrons. The Bertz CT molecular complexity index is 964. The number of ether oxygens (including phenoxy) is 2.